The highest BCUT2D eigenvalue weighted by atomic mass is 15.0. The van der Waals surface area contributed by atoms with Crippen LogP contribution in [0.15, 0.2) is 182 Å². The van der Waals surface area contributed by atoms with Crippen LogP contribution in [0.3, 0.4) is 0 Å². The molecule has 2 aromatic heterocycles. The van der Waals surface area contributed by atoms with Gasteiger partial charge >= 0.3 is 0 Å². The van der Waals surface area contributed by atoms with Crippen molar-refractivity contribution in [3.8, 4) is 44.8 Å². The minimum atomic E-state index is 1.16. The Bertz CT molecular complexity index is 2880. The van der Waals surface area contributed by atoms with E-state index in [-0.39, 0.29) is 0 Å². The summed E-state index contributed by atoms with van der Waals surface area (Å²) in [7, 11) is 0. The van der Waals surface area contributed by atoms with E-state index in [0.717, 1.165) is 5.69 Å². The molecule has 0 aliphatic rings. The minimum Gasteiger partial charge on any atom is -0.309 e. The van der Waals surface area contributed by atoms with Crippen LogP contribution in [-0.2, 0) is 0 Å². The number of hydrogen-bond donors (Lipinski definition) is 0. The number of rotatable bonds is 5. The van der Waals surface area contributed by atoms with Crippen molar-refractivity contribution >= 4 is 43.6 Å². The zero-order chi connectivity index (χ0) is 34.8. The lowest BCUT2D eigenvalue weighted by Gasteiger charge is -2.14. The summed E-state index contributed by atoms with van der Waals surface area (Å²) in [6.45, 7) is 4.29. The number of fused-ring (bicyclic) bond motifs is 6. The van der Waals surface area contributed by atoms with E-state index in [9.17, 15) is 0 Å². The smallest absolute Gasteiger partial charge is 0.0541 e. The first-order valence-corrected chi connectivity index (χ1v) is 18.0. The van der Waals surface area contributed by atoms with Gasteiger partial charge < -0.3 is 9.13 Å². The Balaban J connectivity index is 1.17. The van der Waals surface area contributed by atoms with Crippen LogP contribution in [0.5, 0.6) is 0 Å². The van der Waals surface area contributed by atoms with E-state index < -0.39 is 0 Å². The number of hydrogen-bond acceptors (Lipinski definition) is 0. The number of para-hydroxylation sites is 3. The van der Waals surface area contributed by atoms with Gasteiger partial charge in [0, 0.05) is 32.9 Å². The van der Waals surface area contributed by atoms with E-state index in [1.807, 2.05) is 0 Å². The molecule has 0 aliphatic heterocycles. The van der Waals surface area contributed by atoms with Crippen molar-refractivity contribution in [2.24, 2.45) is 0 Å². The highest BCUT2D eigenvalue weighted by Crippen LogP contribution is 2.39. The molecule has 2 nitrogen and oxygen atoms in total. The van der Waals surface area contributed by atoms with Gasteiger partial charge in [-0.1, -0.05) is 126 Å². The van der Waals surface area contributed by atoms with Gasteiger partial charge in [-0.3, -0.25) is 0 Å². The Kier molecular flexibility index (Phi) is 6.97. The predicted molar refractivity (Wildman–Crippen MR) is 221 cm³/mol. The molecule has 2 heterocycles. The lowest BCUT2D eigenvalue weighted by molar-refractivity contribution is 1.18. The van der Waals surface area contributed by atoms with Gasteiger partial charge in [-0.2, -0.15) is 0 Å². The molecule has 10 rings (SSSR count). The molecule has 52 heavy (non-hydrogen) atoms. The molecular formula is C50H36N2. The highest BCUT2D eigenvalue weighted by molar-refractivity contribution is 6.12. The zero-order valence-electron chi connectivity index (χ0n) is 29.2. The summed E-state index contributed by atoms with van der Waals surface area (Å²) in [6.07, 6.45) is 0. The summed E-state index contributed by atoms with van der Waals surface area (Å²) in [6, 6.07) is 66.9. The third-order valence-corrected chi connectivity index (χ3v) is 10.6. The SMILES string of the molecule is Cc1ccc(-c2cc(-c3ccc(C)cc3)cc(-n3c4ccccc4c4cc(-c5ccc6c(c5)c5ccccc5n6-c5ccccc5)ccc43)c2)cc1. The molecule has 0 N–H and O–H groups in total. The van der Waals surface area contributed by atoms with Crippen molar-refractivity contribution in [3.05, 3.63) is 193 Å². The second-order valence-electron chi connectivity index (χ2n) is 14.0. The summed E-state index contributed by atoms with van der Waals surface area (Å²) < 4.78 is 4.82. The highest BCUT2D eigenvalue weighted by Gasteiger charge is 2.17. The van der Waals surface area contributed by atoms with Crippen molar-refractivity contribution in [1.82, 2.24) is 9.13 Å². The minimum absolute atomic E-state index is 1.16. The predicted octanol–water partition coefficient (Wildman–Crippen LogP) is 13.5. The molecule has 246 valence electrons. The Hall–Kier alpha value is -6.64. The quantitative estimate of drug-likeness (QED) is 0.173. The van der Waals surface area contributed by atoms with Gasteiger partial charge in [0.25, 0.3) is 0 Å². The van der Waals surface area contributed by atoms with E-state index in [4.69, 9.17) is 0 Å². The molecule has 8 aromatic carbocycles. The largest absolute Gasteiger partial charge is 0.309 e. The molecule has 0 amide bonds. The zero-order valence-corrected chi connectivity index (χ0v) is 29.2. The van der Waals surface area contributed by atoms with E-state index in [0.29, 0.717) is 0 Å². The normalized spacial score (nSPS) is 11.7. The molecule has 0 saturated heterocycles. The second kappa shape index (κ2) is 12.0. The maximum atomic E-state index is 2.44. The number of benzene rings is 8. The summed E-state index contributed by atoms with van der Waals surface area (Å²) in [4.78, 5) is 0. The lowest BCUT2D eigenvalue weighted by atomic mass is 9.97. The fourth-order valence-corrected chi connectivity index (χ4v) is 8.00. The van der Waals surface area contributed by atoms with Crippen LogP contribution in [0.1, 0.15) is 11.1 Å². The van der Waals surface area contributed by atoms with Crippen molar-refractivity contribution in [1.29, 1.82) is 0 Å². The second-order valence-corrected chi connectivity index (χ2v) is 14.0. The van der Waals surface area contributed by atoms with Gasteiger partial charge in [-0.25, -0.2) is 0 Å². The van der Waals surface area contributed by atoms with Gasteiger partial charge in [0.2, 0.25) is 0 Å². The molecule has 0 atom stereocenters. The van der Waals surface area contributed by atoms with Gasteiger partial charge in [-0.05, 0) is 114 Å². The van der Waals surface area contributed by atoms with Crippen LogP contribution in [-0.4, -0.2) is 9.13 Å². The molecule has 0 aliphatic carbocycles. The van der Waals surface area contributed by atoms with Gasteiger partial charge in [0.15, 0.2) is 0 Å². The Morgan fingerprint density at radius 2 is 0.673 bits per heavy atom. The van der Waals surface area contributed by atoms with E-state index >= 15 is 0 Å². The third kappa shape index (κ3) is 4.95. The molecular weight excluding hydrogens is 629 g/mol. The van der Waals surface area contributed by atoms with Crippen LogP contribution in [0.2, 0.25) is 0 Å². The standard InChI is InChI=1S/C50H36N2/c1-33-16-20-35(21-17-33)39-28-40(36-22-18-34(2)19-23-36)30-42(29-39)52-48-15-9-7-13-44(48)46-32-38(25-27-50(46)52)37-24-26-49-45(31-37)43-12-6-8-14-47(43)51(49)41-10-4-3-5-11-41/h3-32H,1-2H3. The third-order valence-electron chi connectivity index (χ3n) is 10.6. The molecule has 0 bridgehead atoms. The topological polar surface area (TPSA) is 9.86 Å². The first-order valence-electron chi connectivity index (χ1n) is 18.0. The maximum absolute atomic E-state index is 2.44. The van der Waals surface area contributed by atoms with Gasteiger partial charge in [-0.15, -0.1) is 0 Å². The Morgan fingerprint density at radius 3 is 1.17 bits per heavy atom. The first kappa shape index (κ1) is 30.2. The summed E-state index contributed by atoms with van der Waals surface area (Å²) in [5.74, 6) is 0. The molecule has 0 radical (unpaired) electrons. The average molecular weight is 665 g/mol. The maximum Gasteiger partial charge on any atom is 0.0541 e. The molecule has 0 saturated carbocycles. The number of aromatic nitrogens is 2. The van der Waals surface area contributed by atoms with E-state index in [2.05, 4.69) is 205 Å². The van der Waals surface area contributed by atoms with Crippen LogP contribution < -0.4 is 0 Å². The lowest BCUT2D eigenvalue weighted by Crippen LogP contribution is -1.96. The van der Waals surface area contributed by atoms with E-state index in [1.54, 1.807) is 0 Å². The van der Waals surface area contributed by atoms with Crippen molar-refractivity contribution in [2.45, 2.75) is 13.8 Å². The van der Waals surface area contributed by atoms with Crippen molar-refractivity contribution < 1.29 is 0 Å². The van der Waals surface area contributed by atoms with Crippen LogP contribution >= 0.6 is 0 Å². The Morgan fingerprint density at radius 1 is 0.269 bits per heavy atom. The van der Waals surface area contributed by atoms with Crippen molar-refractivity contribution in [3.63, 3.8) is 0 Å². The molecule has 0 fully saturated rings. The molecule has 2 heteroatoms. The average Bonchev–Trinajstić information content (AvgIpc) is 3.71. The van der Waals surface area contributed by atoms with Crippen LogP contribution in [0.25, 0.3) is 88.4 Å². The molecule has 0 unspecified atom stereocenters. The monoisotopic (exact) mass is 664 g/mol. The Labute approximate surface area is 303 Å². The molecule has 10 aromatic rings. The van der Waals surface area contributed by atoms with Crippen LogP contribution in [0, 0.1) is 13.8 Å². The number of aryl methyl sites for hydroxylation is 2. The summed E-state index contributed by atoms with van der Waals surface area (Å²) in [5, 5.41) is 5.02. The van der Waals surface area contributed by atoms with Crippen LogP contribution in [0.4, 0.5) is 0 Å². The fraction of sp³-hybridized carbons (Fsp3) is 0.0400. The number of nitrogens with zero attached hydrogens (tertiary/aromatic N) is 2. The first-order chi connectivity index (χ1) is 25.6. The fourth-order valence-electron chi connectivity index (χ4n) is 8.00. The van der Waals surface area contributed by atoms with Gasteiger partial charge in [0.05, 0.1) is 22.1 Å². The molecule has 0 spiro atoms. The summed E-state index contributed by atoms with van der Waals surface area (Å²) >= 11 is 0. The van der Waals surface area contributed by atoms with Crippen molar-refractivity contribution in [2.75, 3.05) is 0 Å². The summed E-state index contributed by atoms with van der Waals surface area (Å²) in [5.41, 5.74) is 17.0. The van der Waals surface area contributed by atoms with E-state index in [1.165, 1.54) is 93.8 Å². The van der Waals surface area contributed by atoms with Gasteiger partial charge in [0.1, 0.15) is 0 Å².